The summed E-state index contributed by atoms with van der Waals surface area (Å²) in [6.45, 7) is 2.09. The van der Waals surface area contributed by atoms with E-state index in [1.165, 1.54) is 0 Å². The Balaban J connectivity index is 3.05. The minimum absolute atomic E-state index is 0.460. The third-order valence-electron chi connectivity index (χ3n) is 2.30. The van der Waals surface area contributed by atoms with Crippen LogP contribution in [-0.2, 0) is 6.42 Å². The SMILES string of the molecule is CCCCc1ccc(C#N)cc1C(N)=O. The van der Waals surface area contributed by atoms with Gasteiger partial charge in [-0.1, -0.05) is 19.4 Å². The number of nitrogens with zero attached hydrogens (tertiary/aromatic N) is 1. The summed E-state index contributed by atoms with van der Waals surface area (Å²) < 4.78 is 0. The normalized spacial score (nSPS) is 9.60. The number of nitriles is 1. The van der Waals surface area contributed by atoms with Crippen molar-refractivity contribution in [2.45, 2.75) is 26.2 Å². The van der Waals surface area contributed by atoms with Gasteiger partial charge in [0.25, 0.3) is 0 Å². The van der Waals surface area contributed by atoms with Crippen molar-refractivity contribution >= 4 is 5.91 Å². The maximum atomic E-state index is 11.2. The third kappa shape index (κ3) is 2.81. The highest BCUT2D eigenvalue weighted by Gasteiger charge is 2.08. The van der Waals surface area contributed by atoms with Gasteiger partial charge < -0.3 is 5.73 Å². The Kier molecular flexibility index (Phi) is 3.87. The molecule has 0 unspecified atom stereocenters. The summed E-state index contributed by atoms with van der Waals surface area (Å²) in [7, 11) is 0. The molecule has 0 saturated carbocycles. The smallest absolute Gasteiger partial charge is 0.249 e. The first-order valence-corrected chi connectivity index (χ1v) is 5.02. The van der Waals surface area contributed by atoms with Gasteiger partial charge in [0.05, 0.1) is 11.6 Å². The van der Waals surface area contributed by atoms with Crippen molar-refractivity contribution in [2.24, 2.45) is 5.73 Å². The lowest BCUT2D eigenvalue weighted by Gasteiger charge is -2.05. The summed E-state index contributed by atoms with van der Waals surface area (Å²) in [6, 6.07) is 7.09. The van der Waals surface area contributed by atoms with Gasteiger partial charge in [-0.15, -0.1) is 0 Å². The fourth-order valence-corrected chi connectivity index (χ4v) is 1.46. The number of unbranched alkanes of at least 4 members (excludes halogenated alkanes) is 1. The maximum absolute atomic E-state index is 11.2. The number of aryl methyl sites for hydroxylation is 1. The first kappa shape index (κ1) is 11.3. The lowest BCUT2D eigenvalue weighted by molar-refractivity contribution is 0.0999. The lowest BCUT2D eigenvalue weighted by atomic mass is 9.99. The molecule has 0 aliphatic rings. The lowest BCUT2D eigenvalue weighted by Crippen LogP contribution is -2.14. The van der Waals surface area contributed by atoms with E-state index in [9.17, 15) is 4.79 Å². The van der Waals surface area contributed by atoms with Gasteiger partial charge in [0.15, 0.2) is 0 Å². The molecule has 1 aromatic rings. The van der Waals surface area contributed by atoms with E-state index < -0.39 is 5.91 Å². The van der Waals surface area contributed by atoms with Crippen LogP contribution in [0.2, 0.25) is 0 Å². The molecule has 2 N–H and O–H groups in total. The van der Waals surface area contributed by atoms with Crippen LogP contribution in [0, 0.1) is 11.3 Å². The van der Waals surface area contributed by atoms with Crippen molar-refractivity contribution in [3.05, 3.63) is 34.9 Å². The van der Waals surface area contributed by atoms with Crippen LogP contribution in [0.5, 0.6) is 0 Å². The highest BCUT2D eigenvalue weighted by Crippen LogP contribution is 2.14. The van der Waals surface area contributed by atoms with Crippen molar-refractivity contribution in [2.75, 3.05) is 0 Å². The van der Waals surface area contributed by atoms with Gasteiger partial charge in [-0.3, -0.25) is 4.79 Å². The zero-order chi connectivity index (χ0) is 11.3. The molecular formula is C12H14N2O. The molecule has 0 aliphatic heterocycles. The molecule has 1 amide bonds. The Bertz CT molecular complexity index is 405. The number of carbonyl (C=O) groups is 1. The largest absolute Gasteiger partial charge is 0.366 e. The molecular weight excluding hydrogens is 188 g/mol. The monoisotopic (exact) mass is 202 g/mol. The molecule has 0 heterocycles. The Morgan fingerprint density at radius 3 is 2.80 bits per heavy atom. The molecule has 0 fully saturated rings. The Labute approximate surface area is 89.5 Å². The third-order valence-corrected chi connectivity index (χ3v) is 2.30. The second kappa shape index (κ2) is 5.16. The zero-order valence-electron chi connectivity index (χ0n) is 8.79. The van der Waals surface area contributed by atoms with Crippen LogP contribution in [0.1, 0.15) is 41.3 Å². The summed E-state index contributed by atoms with van der Waals surface area (Å²) >= 11 is 0. The van der Waals surface area contributed by atoms with Crippen LogP contribution < -0.4 is 5.73 Å². The summed E-state index contributed by atoms with van der Waals surface area (Å²) in [5.41, 5.74) is 7.15. The Hall–Kier alpha value is -1.82. The molecule has 3 heteroatoms. The van der Waals surface area contributed by atoms with E-state index in [2.05, 4.69) is 6.92 Å². The standard InChI is InChI=1S/C12H14N2O/c1-2-3-4-10-6-5-9(8-13)7-11(10)12(14)15/h5-7H,2-4H2,1H3,(H2,14,15). The number of rotatable bonds is 4. The van der Waals surface area contributed by atoms with E-state index in [-0.39, 0.29) is 0 Å². The molecule has 0 radical (unpaired) electrons. The van der Waals surface area contributed by atoms with E-state index in [1.807, 2.05) is 12.1 Å². The second-order valence-corrected chi connectivity index (χ2v) is 3.45. The predicted molar refractivity (Wildman–Crippen MR) is 58.3 cm³/mol. The molecule has 0 atom stereocenters. The number of primary amides is 1. The Morgan fingerprint density at radius 1 is 1.53 bits per heavy atom. The van der Waals surface area contributed by atoms with Crippen molar-refractivity contribution < 1.29 is 4.79 Å². The molecule has 78 valence electrons. The second-order valence-electron chi connectivity index (χ2n) is 3.45. The number of carbonyl (C=O) groups excluding carboxylic acids is 1. The van der Waals surface area contributed by atoms with Gasteiger partial charge in [-0.25, -0.2) is 0 Å². The highest BCUT2D eigenvalue weighted by molar-refractivity contribution is 5.94. The molecule has 0 aromatic heterocycles. The van der Waals surface area contributed by atoms with Crippen molar-refractivity contribution in [1.29, 1.82) is 5.26 Å². The maximum Gasteiger partial charge on any atom is 0.249 e. The number of hydrogen-bond acceptors (Lipinski definition) is 2. The molecule has 15 heavy (non-hydrogen) atoms. The summed E-state index contributed by atoms with van der Waals surface area (Å²) in [5, 5.41) is 8.71. The number of benzene rings is 1. The summed E-state index contributed by atoms with van der Waals surface area (Å²) in [6.07, 6.45) is 2.92. The van der Waals surface area contributed by atoms with Gasteiger partial charge in [-0.2, -0.15) is 5.26 Å². The Morgan fingerprint density at radius 2 is 2.27 bits per heavy atom. The summed E-state index contributed by atoms with van der Waals surface area (Å²) in [4.78, 5) is 11.2. The van der Waals surface area contributed by atoms with Crippen LogP contribution in [0.25, 0.3) is 0 Å². The first-order chi connectivity index (χ1) is 7.19. The van der Waals surface area contributed by atoms with Crippen LogP contribution in [-0.4, -0.2) is 5.91 Å². The quantitative estimate of drug-likeness (QED) is 0.811. The van der Waals surface area contributed by atoms with Gasteiger partial charge >= 0.3 is 0 Å². The average molecular weight is 202 g/mol. The van der Waals surface area contributed by atoms with Gasteiger partial charge in [0.1, 0.15) is 0 Å². The number of hydrogen-bond donors (Lipinski definition) is 1. The van der Waals surface area contributed by atoms with Crippen LogP contribution in [0.3, 0.4) is 0 Å². The zero-order valence-corrected chi connectivity index (χ0v) is 8.79. The van der Waals surface area contributed by atoms with Crippen LogP contribution in [0.4, 0.5) is 0 Å². The van der Waals surface area contributed by atoms with E-state index >= 15 is 0 Å². The number of amides is 1. The van der Waals surface area contributed by atoms with Crippen LogP contribution >= 0.6 is 0 Å². The fraction of sp³-hybridized carbons (Fsp3) is 0.333. The minimum atomic E-state index is -0.460. The summed E-state index contributed by atoms with van der Waals surface area (Å²) in [5.74, 6) is -0.460. The van der Waals surface area contributed by atoms with Gasteiger partial charge in [-0.05, 0) is 30.5 Å². The first-order valence-electron chi connectivity index (χ1n) is 5.02. The molecule has 0 spiro atoms. The molecule has 3 nitrogen and oxygen atoms in total. The van der Waals surface area contributed by atoms with E-state index in [0.717, 1.165) is 24.8 Å². The highest BCUT2D eigenvalue weighted by atomic mass is 16.1. The van der Waals surface area contributed by atoms with E-state index in [0.29, 0.717) is 11.1 Å². The fourth-order valence-electron chi connectivity index (χ4n) is 1.46. The molecule has 0 saturated heterocycles. The van der Waals surface area contributed by atoms with Crippen molar-refractivity contribution in [3.63, 3.8) is 0 Å². The van der Waals surface area contributed by atoms with E-state index in [4.69, 9.17) is 11.0 Å². The molecule has 0 aliphatic carbocycles. The van der Waals surface area contributed by atoms with Crippen molar-refractivity contribution in [3.8, 4) is 6.07 Å². The molecule has 1 aromatic carbocycles. The van der Waals surface area contributed by atoms with E-state index in [1.54, 1.807) is 12.1 Å². The number of nitrogens with two attached hydrogens (primary N) is 1. The van der Waals surface area contributed by atoms with Gasteiger partial charge in [0, 0.05) is 5.56 Å². The van der Waals surface area contributed by atoms with Gasteiger partial charge in [0.2, 0.25) is 5.91 Å². The topological polar surface area (TPSA) is 66.9 Å². The average Bonchev–Trinajstić information content (AvgIpc) is 2.26. The predicted octanol–water partition coefficient (Wildman–Crippen LogP) is 2.00. The van der Waals surface area contributed by atoms with Crippen molar-refractivity contribution in [1.82, 2.24) is 0 Å². The van der Waals surface area contributed by atoms with Crippen LogP contribution in [0.15, 0.2) is 18.2 Å². The molecule has 0 bridgehead atoms. The minimum Gasteiger partial charge on any atom is -0.366 e. The molecule has 1 rings (SSSR count).